The summed E-state index contributed by atoms with van der Waals surface area (Å²) in [4.78, 5) is 22.8. The average Bonchev–Trinajstić information content (AvgIpc) is 3.05. The fourth-order valence-corrected chi connectivity index (χ4v) is 2.35. The second-order valence-electron chi connectivity index (χ2n) is 4.83. The summed E-state index contributed by atoms with van der Waals surface area (Å²) in [5, 5.41) is 3.19. The van der Waals surface area contributed by atoms with Gasteiger partial charge in [0.1, 0.15) is 5.76 Å². The van der Waals surface area contributed by atoms with Crippen LogP contribution < -0.4 is 5.32 Å². The number of carbonyl (C=O) groups is 2. The molecule has 0 bridgehead atoms. The molecule has 0 aliphatic carbocycles. The van der Waals surface area contributed by atoms with E-state index in [1.807, 2.05) is 0 Å². The highest BCUT2D eigenvalue weighted by Gasteiger charge is 2.10. The van der Waals surface area contributed by atoms with E-state index in [0.717, 1.165) is 5.56 Å². The van der Waals surface area contributed by atoms with Crippen LogP contribution in [0.5, 0.6) is 0 Å². The van der Waals surface area contributed by atoms with Gasteiger partial charge in [-0.15, -0.1) is 0 Å². The number of hydrogen-bond donors (Lipinski definition) is 1. The fourth-order valence-electron chi connectivity index (χ4n) is 2.13. The molecule has 1 heterocycles. The maximum atomic E-state index is 12.2. The Labute approximate surface area is 137 Å². The number of amides is 1. The van der Waals surface area contributed by atoms with Crippen LogP contribution in [0.2, 0.25) is 5.02 Å². The van der Waals surface area contributed by atoms with E-state index >= 15 is 0 Å². The Kier molecular flexibility index (Phi) is 4.26. The third-order valence-electron chi connectivity index (χ3n) is 3.29. The number of carbonyl (C=O) groups excluding carboxylic acids is 2. The Morgan fingerprint density at radius 2 is 1.74 bits per heavy atom. The first kappa shape index (κ1) is 15.1. The van der Waals surface area contributed by atoms with Crippen LogP contribution >= 0.6 is 11.6 Å². The van der Waals surface area contributed by atoms with E-state index in [2.05, 4.69) is 5.32 Å². The number of anilines is 1. The maximum Gasteiger partial charge on any atom is 0.257 e. The molecule has 3 aromatic rings. The van der Waals surface area contributed by atoms with Gasteiger partial charge in [-0.1, -0.05) is 23.7 Å². The Bertz CT molecular complexity index is 853. The van der Waals surface area contributed by atoms with E-state index in [1.165, 1.54) is 0 Å². The van der Waals surface area contributed by atoms with E-state index in [1.54, 1.807) is 60.7 Å². The second kappa shape index (κ2) is 6.50. The van der Waals surface area contributed by atoms with Gasteiger partial charge in [0.15, 0.2) is 12.0 Å². The average molecular weight is 326 g/mol. The molecule has 0 saturated carbocycles. The molecule has 0 atom stereocenters. The number of furan rings is 1. The van der Waals surface area contributed by atoms with Gasteiger partial charge in [-0.2, -0.15) is 0 Å². The second-order valence-corrected chi connectivity index (χ2v) is 5.24. The molecule has 0 spiro atoms. The van der Waals surface area contributed by atoms with Crippen molar-refractivity contribution in [3.8, 4) is 11.3 Å². The van der Waals surface area contributed by atoms with E-state index < -0.39 is 0 Å². The van der Waals surface area contributed by atoms with Crippen molar-refractivity contribution in [2.24, 2.45) is 0 Å². The van der Waals surface area contributed by atoms with Crippen molar-refractivity contribution in [3.63, 3.8) is 0 Å². The van der Waals surface area contributed by atoms with Crippen LogP contribution in [0.4, 0.5) is 5.69 Å². The van der Waals surface area contributed by atoms with Crippen LogP contribution in [0.25, 0.3) is 11.3 Å². The van der Waals surface area contributed by atoms with Gasteiger partial charge >= 0.3 is 0 Å². The molecular weight excluding hydrogens is 314 g/mol. The standard InChI is InChI=1S/C18H12ClNO3/c19-16-4-2-1-3-15(16)18(22)20-13-7-5-12(6-8-13)17-10-9-14(11-21)23-17/h1-11H,(H,20,22). The predicted octanol–water partition coefficient (Wildman–Crippen LogP) is 4.66. The summed E-state index contributed by atoms with van der Waals surface area (Å²) in [6.07, 6.45) is 0.654. The van der Waals surface area contributed by atoms with Crippen molar-refractivity contribution in [3.05, 3.63) is 77.0 Å². The van der Waals surface area contributed by atoms with Crippen molar-refractivity contribution >= 4 is 29.5 Å². The highest BCUT2D eigenvalue weighted by Crippen LogP contribution is 2.24. The highest BCUT2D eigenvalue weighted by atomic mass is 35.5. The van der Waals surface area contributed by atoms with Gasteiger partial charge in [0.2, 0.25) is 0 Å². The Morgan fingerprint density at radius 1 is 1.00 bits per heavy atom. The summed E-state index contributed by atoms with van der Waals surface area (Å²) in [6.45, 7) is 0. The minimum absolute atomic E-state index is 0.274. The number of hydrogen-bond acceptors (Lipinski definition) is 3. The molecule has 0 aliphatic rings. The topological polar surface area (TPSA) is 59.3 Å². The third-order valence-corrected chi connectivity index (χ3v) is 3.62. The maximum absolute atomic E-state index is 12.2. The molecule has 5 heteroatoms. The van der Waals surface area contributed by atoms with Gasteiger partial charge < -0.3 is 9.73 Å². The summed E-state index contributed by atoms with van der Waals surface area (Å²) in [5.74, 6) is 0.594. The molecule has 0 unspecified atom stereocenters. The Morgan fingerprint density at radius 3 is 2.39 bits per heavy atom. The Balaban J connectivity index is 1.76. The van der Waals surface area contributed by atoms with Gasteiger partial charge in [-0.3, -0.25) is 9.59 Å². The van der Waals surface area contributed by atoms with Gasteiger partial charge in [0.05, 0.1) is 10.6 Å². The number of aldehydes is 1. The van der Waals surface area contributed by atoms with Crippen LogP contribution in [0, 0.1) is 0 Å². The molecule has 3 rings (SSSR count). The van der Waals surface area contributed by atoms with Crippen molar-refractivity contribution in [2.45, 2.75) is 0 Å². The zero-order valence-corrected chi connectivity index (χ0v) is 12.7. The molecule has 23 heavy (non-hydrogen) atoms. The molecule has 1 N–H and O–H groups in total. The minimum Gasteiger partial charge on any atom is -0.453 e. The van der Waals surface area contributed by atoms with Crippen molar-refractivity contribution in [2.75, 3.05) is 5.32 Å². The minimum atomic E-state index is -0.274. The molecule has 1 aromatic heterocycles. The number of halogens is 1. The van der Waals surface area contributed by atoms with Crippen LogP contribution in [0.15, 0.2) is 65.1 Å². The van der Waals surface area contributed by atoms with Gasteiger partial charge in [0.25, 0.3) is 5.91 Å². The molecule has 4 nitrogen and oxygen atoms in total. The molecule has 0 radical (unpaired) electrons. The monoisotopic (exact) mass is 325 g/mol. The first-order chi connectivity index (χ1) is 11.2. The molecule has 0 aliphatic heterocycles. The number of nitrogens with one attached hydrogen (secondary N) is 1. The van der Waals surface area contributed by atoms with Crippen LogP contribution in [-0.2, 0) is 0 Å². The molecule has 0 fully saturated rings. The molecule has 2 aromatic carbocycles. The Hall–Kier alpha value is -2.85. The number of rotatable bonds is 4. The lowest BCUT2D eigenvalue weighted by Gasteiger charge is -2.07. The van der Waals surface area contributed by atoms with Crippen molar-refractivity contribution < 1.29 is 14.0 Å². The summed E-state index contributed by atoms with van der Waals surface area (Å²) < 4.78 is 5.35. The van der Waals surface area contributed by atoms with Crippen LogP contribution in [-0.4, -0.2) is 12.2 Å². The summed E-state index contributed by atoms with van der Waals surface area (Å²) in [5.41, 5.74) is 1.87. The largest absolute Gasteiger partial charge is 0.453 e. The van der Waals surface area contributed by atoms with E-state index in [-0.39, 0.29) is 11.7 Å². The highest BCUT2D eigenvalue weighted by molar-refractivity contribution is 6.34. The van der Waals surface area contributed by atoms with E-state index in [4.69, 9.17) is 16.0 Å². The van der Waals surface area contributed by atoms with Gasteiger partial charge in [-0.25, -0.2) is 0 Å². The summed E-state index contributed by atoms with van der Waals surface area (Å²) in [7, 11) is 0. The first-order valence-corrected chi connectivity index (χ1v) is 7.26. The predicted molar refractivity (Wildman–Crippen MR) is 88.9 cm³/mol. The van der Waals surface area contributed by atoms with Crippen molar-refractivity contribution in [1.29, 1.82) is 0 Å². The lowest BCUT2D eigenvalue weighted by Crippen LogP contribution is -2.12. The summed E-state index contributed by atoms with van der Waals surface area (Å²) >= 11 is 6.00. The molecular formula is C18H12ClNO3. The molecule has 0 saturated heterocycles. The SMILES string of the molecule is O=Cc1ccc(-c2ccc(NC(=O)c3ccccc3Cl)cc2)o1. The molecule has 114 valence electrons. The normalized spacial score (nSPS) is 10.3. The van der Waals surface area contributed by atoms with Crippen LogP contribution in [0.3, 0.4) is 0 Å². The molecule has 1 amide bonds. The number of benzene rings is 2. The zero-order valence-electron chi connectivity index (χ0n) is 12.0. The third kappa shape index (κ3) is 3.33. The smallest absolute Gasteiger partial charge is 0.257 e. The quantitative estimate of drug-likeness (QED) is 0.709. The zero-order chi connectivity index (χ0) is 16.2. The van der Waals surface area contributed by atoms with E-state index in [0.29, 0.717) is 28.3 Å². The van der Waals surface area contributed by atoms with Gasteiger partial charge in [-0.05, 0) is 48.5 Å². The lowest BCUT2D eigenvalue weighted by molar-refractivity contribution is 0.102. The first-order valence-electron chi connectivity index (χ1n) is 6.89. The van der Waals surface area contributed by atoms with Gasteiger partial charge in [0, 0.05) is 11.3 Å². The van der Waals surface area contributed by atoms with Crippen molar-refractivity contribution in [1.82, 2.24) is 0 Å². The fraction of sp³-hybridized carbons (Fsp3) is 0. The van der Waals surface area contributed by atoms with E-state index in [9.17, 15) is 9.59 Å². The van der Waals surface area contributed by atoms with Crippen LogP contribution in [0.1, 0.15) is 20.9 Å². The lowest BCUT2D eigenvalue weighted by atomic mass is 10.1. The summed E-state index contributed by atoms with van der Waals surface area (Å²) in [6, 6.07) is 17.3.